The number of hydrogen-bond acceptors (Lipinski definition) is 6. The molecular formula is C25H31N5O4. The van der Waals surface area contributed by atoms with Crippen LogP contribution in [0, 0.1) is 0 Å². The van der Waals surface area contributed by atoms with Gasteiger partial charge in [-0.1, -0.05) is 6.07 Å². The molecule has 0 aliphatic carbocycles. The van der Waals surface area contributed by atoms with E-state index < -0.39 is 5.97 Å². The van der Waals surface area contributed by atoms with Crippen LogP contribution in [-0.2, 0) is 16.0 Å². The molecule has 1 aromatic heterocycles. The Morgan fingerprint density at radius 3 is 2.53 bits per heavy atom. The van der Waals surface area contributed by atoms with Crippen molar-refractivity contribution in [2.24, 2.45) is 0 Å². The zero-order valence-electron chi connectivity index (χ0n) is 19.8. The van der Waals surface area contributed by atoms with Gasteiger partial charge in [-0.3, -0.25) is 14.3 Å². The molecule has 0 saturated carbocycles. The first-order valence-corrected chi connectivity index (χ1v) is 11.5. The molecule has 34 heavy (non-hydrogen) atoms. The highest BCUT2D eigenvalue weighted by Crippen LogP contribution is 2.27. The van der Waals surface area contributed by atoms with Crippen LogP contribution in [0.3, 0.4) is 0 Å². The fourth-order valence-electron chi connectivity index (χ4n) is 4.39. The van der Waals surface area contributed by atoms with Crippen LogP contribution in [0.25, 0.3) is 16.7 Å². The third kappa shape index (κ3) is 4.90. The van der Waals surface area contributed by atoms with E-state index in [2.05, 4.69) is 39.2 Å². The molecule has 180 valence electrons. The van der Waals surface area contributed by atoms with Gasteiger partial charge in [-0.05, 0) is 50.2 Å². The number of ether oxygens (including phenoxy) is 1. The van der Waals surface area contributed by atoms with Crippen LogP contribution in [-0.4, -0.2) is 77.5 Å². The number of nitrogens with zero attached hydrogens (tertiary/aromatic N) is 4. The predicted molar refractivity (Wildman–Crippen MR) is 131 cm³/mol. The molecule has 1 aliphatic rings. The summed E-state index contributed by atoms with van der Waals surface area (Å²) in [4.78, 5) is 33.1. The van der Waals surface area contributed by atoms with Crippen LogP contribution in [0.2, 0.25) is 0 Å². The van der Waals surface area contributed by atoms with E-state index in [9.17, 15) is 14.7 Å². The van der Waals surface area contributed by atoms with Gasteiger partial charge < -0.3 is 20.1 Å². The minimum absolute atomic E-state index is 0.0957. The summed E-state index contributed by atoms with van der Waals surface area (Å²) < 4.78 is 7.40. The molecule has 9 heteroatoms. The molecule has 2 aromatic carbocycles. The number of aromatic nitrogens is 2. The fraction of sp³-hybridized carbons (Fsp3) is 0.400. The molecule has 1 fully saturated rings. The van der Waals surface area contributed by atoms with Crippen molar-refractivity contribution >= 4 is 28.6 Å². The van der Waals surface area contributed by atoms with Gasteiger partial charge in [0.2, 0.25) is 5.91 Å². The van der Waals surface area contributed by atoms with E-state index in [1.165, 1.54) is 0 Å². The van der Waals surface area contributed by atoms with E-state index in [4.69, 9.17) is 4.74 Å². The van der Waals surface area contributed by atoms with Crippen molar-refractivity contribution < 1.29 is 19.4 Å². The molecule has 3 aromatic rings. The van der Waals surface area contributed by atoms with Gasteiger partial charge in [-0.2, -0.15) is 0 Å². The van der Waals surface area contributed by atoms with E-state index in [0.29, 0.717) is 17.9 Å². The Hall–Kier alpha value is -3.43. The van der Waals surface area contributed by atoms with Crippen molar-refractivity contribution in [2.45, 2.75) is 26.5 Å². The van der Waals surface area contributed by atoms with Crippen LogP contribution in [0.15, 0.2) is 42.5 Å². The van der Waals surface area contributed by atoms with Gasteiger partial charge in [-0.25, -0.2) is 9.78 Å². The second-order valence-electron chi connectivity index (χ2n) is 8.38. The Bertz CT molecular complexity index is 1180. The summed E-state index contributed by atoms with van der Waals surface area (Å²) in [6, 6.07) is 13.0. The number of carbonyl (C=O) groups is 2. The van der Waals surface area contributed by atoms with Crippen LogP contribution >= 0.6 is 0 Å². The average Bonchev–Trinajstić information content (AvgIpc) is 3.20. The topological polar surface area (TPSA) is 99.9 Å². The van der Waals surface area contributed by atoms with E-state index in [0.717, 1.165) is 43.1 Å². The number of hydrogen-bond donors (Lipinski definition) is 2. The van der Waals surface area contributed by atoms with Crippen molar-refractivity contribution in [2.75, 3.05) is 44.7 Å². The Morgan fingerprint density at radius 1 is 1.12 bits per heavy atom. The largest absolute Gasteiger partial charge is 0.478 e. The van der Waals surface area contributed by atoms with Crippen molar-refractivity contribution in [3.8, 4) is 5.69 Å². The molecule has 1 amide bonds. The van der Waals surface area contributed by atoms with Gasteiger partial charge >= 0.3 is 5.97 Å². The molecular weight excluding hydrogens is 434 g/mol. The third-order valence-electron chi connectivity index (χ3n) is 6.29. The molecule has 2 N–H and O–H groups in total. The van der Waals surface area contributed by atoms with Gasteiger partial charge in [0, 0.05) is 51.2 Å². The van der Waals surface area contributed by atoms with Gasteiger partial charge in [0.05, 0.1) is 23.0 Å². The minimum atomic E-state index is -1.01. The van der Waals surface area contributed by atoms with Crippen LogP contribution < -0.4 is 10.2 Å². The predicted octanol–water partition coefficient (Wildman–Crippen LogP) is 2.52. The summed E-state index contributed by atoms with van der Waals surface area (Å²) in [5, 5.41) is 12.2. The van der Waals surface area contributed by atoms with Crippen molar-refractivity contribution in [3.63, 3.8) is 0 Å². The zero-order chi connectivity index (χ0) is 24.2. The zero-order valence-corrected chi connectivity index (χ0v) is 19.8. The molecule has 0 spiro atoms. The number of methoxy groups -OCH3 is 1. The summed E-state index contributed by atoms with van der Waals surface area (Å²) in [6.07, 6.45) is 0.196. The number of carboxylic acids is 1. The maximum absolute atomic E-state index is 12.4. The maximum Gasteiger partial charge on any atom is 0.335 e. The van der Waals surface area contributed by atoms with Gasteiger partial charge in [0.1, 0.15) is 12.1 Å². The smallest absolute Gasteiger partial charge is 0.335 e. The highest BCUT2D eigenvalue weighted by atomic mass is 16.5. The number of imidazole rings is 1. The second kappa shape index (κ2) is 10.2. The quantitative estimate of drug-likeness (QED) is 0.527. The Morgan fingerprint density at radius 2 is 1.85 bits per heavy atom. The number of nitrogens with one attached hydrogen (secondary N) is 1. The SMILES string of the molecule is CCNC(=O)Cc1nc2cc(C(=O)O)ccc2n1-c1cccc(N2CCN(C(C)OC)CC2)c1. The number of rotatable bonds is 8. The number of aromatic carboxylic acids is 1. The highest BCUT2D eigenvalue weighted by Gasteiger charge is 2.22. The number of likely N-dealkylation sites (N-methyl/N-ethyl adjacent to an activating group) is 1. The first-order valence-electron chi connectivity index (χ1n) is 11.5. The number of carbonyl (C=O) groups excluding carboxylic acids is 1. The molecule has 4 rings (SSSR count). The average molecular weight is 466 g/mol. The molecule has 1 unspecified atom stereocenters. The lowest BCUT2D eigenvalue weighted by Gasteiger charge is -2.38. The molecule has 1 atom stereocenters. The van der Waals surface area contributed by atoms with Crippen LogP contribution in [0.4, 0.5) is 5.69 Å². The van der Waals surface area contributed by atoms with Crippen molar-refractivity contribution in [1.82, 2.24) is 19.8 Å². The maximum atomic E-state index is 12.4. The van der Waals surface area contributed by atoms with Gasteiger partial charge in [-0.15, -0.1) is 0 Å². The Kier molecular flexibility index (Phi) is 7.14. The first kappa shape index (κ1) is 23.7. The van der Waals surface area contributed by atoms with Crippen molar-refractivity contribution in [1.29, 1.82) is 0 Å². The summed E-state index contributed by atoms with van der Waals surface area (Å²) in [5.74, 6) is -0.568. The minimum Gasteiger partial charge on any atom is -0.478 e. The van der Waals surface area contributed by atoms with E-state index >= 15 is 0 Å². The normalized spacial score (nSPS) is 15.4. The molecule has 0 radical (unpaired) electrons. The monoisotopic (exact) mass is 465 g/mol. The van der Waals surface area contributed by atoms with Crippen molar-refractivity contribution in [3.05, 3.63) is 53.9 Å². The standard InChI is InChI=1S/C25H31N5O4/c1-4-26-24(31)16-23-27-21-14-18(25(32)33)8-9-22(21)30(23)20-7-5-6-19(15-20)29-12-10-28(11-13-29)17(2)34-3/h5-9,14-15,17H,4,10-13,16H2,1-3H3,(H,26,31)(H,32,33). The Labute approximate surface area is 198 Å². The van der Waals surface area contributed by atoms with E-state index in [1.807, 2.05) is 23.6 Å². The molecule has 9 nitrogen and oxygen atoms in total. The lowest BCUT2D eigenvalue weighted by molar-refractivity contribution is -0.120. The summed E-state index contributed by atoms with van der Waals surface area (Å²) in [6.45, 7) is 8.06. The number of anilines is 1. The molecule has 1 saturated heterocycles. The number of benzene rings is 2. The molecule has 2 heterocycles. The Balaban J connectivity index is 1.69. The van der Waals surface area contributed by atoms with Gasteiger partial charge in [0.25, 0.3) is 0 Å². The third-order valence-corrected chi connectivity index (χ3v) is 6.29. The lowest BCUT2D eigenvalue weighted by atomic mass is 10.2. The fourth-order valence-corrected chi connectivity index (χ4v) is 4.39. The van der Waals surface area contributed by atoms with Gasteiger partial charge in [0.15, 0.2) is 0 Å². The lowest BCUT2D eigenvalue weighted by Crippen LogP contribution is -2.50. The number of carboxylic acid groups (broad SMARTS) is 1. The summed E-state index contributed by atoms with van der Waals surface area (Å²) in [7, 11) is 1.73. The number of fused-ring (bicyclic) bond motifs is 1. The summed E-state index contributed by atoms with van der Waals surface area (Å²) in [5.41, 5.74) is 3.45. The van der Waals surface area contributed by atoms with E-state index in [-0.39, 0.29) is 24.1 Å². The molecule has 0 bridgehead atoms. The van der Waals surface area contributed by atoms with E-state index in [1.54, 1.807) is 25.3 Å². The number of piperazine rings is 1. The molecule has 1 aliphatic heterocycles. The second-order valence-corrected chi connectivity index (χ2v) is 8.38. The van der Waals surface area contributed by atoms with Crippen LogP contribution in [0.5, 0.6) is 0 Å². The highest BCUT2D eigenvalue weighted by molar-refractivity contribution is 5.93. The van der Waals surface area contributed by atoms with Crippen LogP contribution in [0.1, 0.15) is 30.0 Å². The number of amides is 1. The summed E-state index contributed by atoms with van der Waals surface area (Å²) >= 11 is 0. The first-order chi connectivity index (χ1) is 16.4.